The molecule has 2 aromatic rings. The third-order valence-corrected chi connectivity index (χ3v) is 1.96. The first-order valence-corrected chi connectivity index (χ1v) is 5.78. The molecule has 3 rings (SSSR count). The van der Waals surface area contributed by atoms with Gasteiger partial charge in [0.2, 0.25) is 0 Å². The monoisotopic (exact) mass is 250 g/mol. The van der Waals surface area contributed by atoms with Gasteiger partial charge < -0.3 is 4.74 Å². The van der Waals surface area contributed by atoms with E-state index in [-0.39, 0.29) is 4.70 Å². The van der Waals surface area contributed by atoms with Crippen LogP contribution >= 0.6 is 0 Å². The van der Waals surface area contributed by atoms with Gasteiger partial charge in [-0.25, -0.2) is 0 Å². The van der Waals surface area contributed by atoms with E-state index in [2.05, 4.69) is 9.97 Å². The van der Waals surface area contributed by atoms with Crippen LogP contribution in [0, 0.1) is 0 Å². The largest absolute Gasteiger partial charge is 0.381 e. The van der Waals surface area contributed by atoms with E-state index >= 15 is 0 Å². The molecule has 18 heavy (non-hydrogen) atoms. The van der Waals surface area contributed by atoms with Gasteiger partial charge in [0.05, 0.1) is 0 Å². The van der Waals surface area contributed by atoms with Crippen molar-refractivity contribution in [2.24, 2.45) is 0 Å². The minimum Gasteiger partial charge on any atom is -0.381 e. The van der Waals surface area contributed by atoms with Crippen molar-refractivity contribution in [1.29, 1.82) is 0 Å². The van der Waals surface area contributed by atoms with Crippen LogP contribution in [0.5, 0.6) is 0 Å². The van der Waals surface area contributed by atoms with Gasteiger partial charge in [-0.15, -0.1) is 0 Å². The summed E-state index contributed by atoms with van der Waals surface area (Å²) in [6, 6.07) is 11.4. The zero-order chi connectivity index (χ0) is 12.0. The number of ether oxygens (including phenoxy) is 1. The minimum absolute atomic E-state index is 0. The average Bonchev–Trinajstić information content (AvgIpc) is 3.03. The highest BCUT2D eigenvalue weighted by Crippen LogP contribution is 1.98. The summed E-state index contributed by atoms with van der Waals surface area (Å²) in [5, 5.41) is 0. The minimum atomic E-state index is 0. The first kappa shape index (κ1) is 16.2. The predicted molar refractivity (Wildman–Crippen MR) is 71.0 cm³/mol. The highest BCUT2D eigenvalue weighted by atomic mass is 19.0. The van der Waals surface area contributed by atoms with E-state index in [4.69, 9.17) is 4.74 Å². The Bertz CT molecular complexity index is 249. The van der Waals surface area contributed by atoms with E-state index < -0.39 is 0 Å². The van der Waals surface area contributed by atoms with Gasteiger partial charge in [0, 0.05) is 38.0 Å². The second-order valence-corrected chi connectivity index (χ2v) is 3.37. The van der Waals surface area contributed by atoms with Crippen molar-refractivity contribution in [3.8, 4) is 0 Å². The molecule has 0 radical (unpaired) electrons. The SMILES string of the molecule is C1CCOC1.F.c1ccncc1.c1ccncc1. The summed E-state index contributed by atoms with van der Waals surface area (Å²) in [6.45, 7) is 2.00. The van der Waals surface area contributed by atoms with Gasteiger partial charge in [-0.3, -0.25) is 14.7 Å². The molecular formula is C14H19FN2O. The Balaban J connectivity index is 0.000000235. The molecule has 2 aromatic heterocycles. The van der Waals surface area contributed by atoms with E-state index in [1.807, 2.05) is 36.4 Å². The number of rotatable bonds is 0. The molecule has 4 heteroatoms. The Morgan fingerprint density at radius 1 is 0.611 bits per heavy atom. The molecule has 0 bridgehead atoms. The normalized spacial score (nSPS) is 12.0. The molecule has 0 N–H and O–H groups in total. The molecule has 0 spiro atoms. The van der Waals surface area contributed by atoms with Crippen LogP contribution in [-0.2, 0) is 4.74 Å². The van der Waals surface area contributed by atoms with Crippen molar-refractivity contribution in [2.45, 2.75) is 12.8 Å². The molecule has 3 nitrogen and oxygen atoms in total. The number of aromatic nitrogens is 2. The highest BCUT2D eigenvalue weighted by molar-refractivity contribution is 4.88. The van der Waals surface area contributed by atoms with Gasteiger partial charge >= 0.3 is 0 Å². The van der Waals surface area contributed by atoms with E-state index in [0.29, 0.717) is 0 Å². The first-order valence-electron chi connectivity index (χ1n) is 5.78. The van der Waals surface area contributed by atoms with Crippen molar-refractivity contribution in [1.82, 2.24) is 9.97 Å². The lowest BCUT2D eigenvalue weighted by Crippen LogP contribution is -1.74. The second kappa shape index (κ2) is 13.3. The van der Waals surface area contributed by atoms with Crippen LogP contribution < -0.4 is 0 Å². The molecule has 1 fully saturated rings. The van der Waals surface area contributed by atoms with Gasteiger partial charge in [0.25, 0.3) is 0 Å². The predicted octanol–water partition coefficient (Wildman–Crippen LogP) is 3.11. The van der Waals surface area contributed by atoms with E-state index in [1.165, 1.54) is 12.8 Å². The lowest BCUT2D eigenvalue weighted by atomic mass is 10.4. The molecule has 0 aromatic carbocycles. The van der Waals surface area contributed by atoms with E-state index in [0.717, 1.165) is 13.2 Å². The summed E-state index contributed by atoms with van der Waals surface area (Å²) in [5.41, 5.74) is 0. The molecule has 1 saturated heterocycles. The van der Waals surface area contributed by atoms with Crippen molar-refractivity contribution < 1.29 is 9.44 Å². The zero-order valence-corrected chi connectivity index (χ0v) is 10.3. The lowest BCUT2D eigenvalue weighted by Gasteiger charge is -1.76. The van der Waals surface area contributed by atoms with Crippen LogP contribution in [0.3, 0.4) is 0 Å². The lowest BCUT2D eigenvalue weighted by molar-refractivity contribution is 0.198. The Morgan fingerprint density at radius 3 is 1.11 bits per heavy atom. The van der Waals surface area contributed by atoms with E-state index in [1.54, 1.807) is 24.8 Å². The summed E-state index contributed by atoms with van der Waals surface area (Å²) >= 11 is 0. The third kappa shape index (κ3) is 10.7. The van der Waals surface area contributed by atoms with Crippen LogP contribution in [-0.4, -0.2) is 23.2 Å². The maximum Gasteiger partial charge on any atom is 0.0466 e. The van der Waals surface area contributed by atoms with Crippen LogP contribution in [0.2, 0.25) is 0 Å². The molecule has 0 aliphatic carbocycles. The quantitative estimate of drug-likeness (QED) is 0.720. The first-order chi connectivity index (χ1) is 8.50. The third-order valence-electron chi connectivity index (χ3n) is 1.96. The standard InChI is InChI=1S/2C5H5N.C4H8O.FH/c2*1-2-4-6-5-3-1;1-2-4-5-3-1;/h2*1-5H;1-4H2;1H. The smallest absolute Gasteiger partial charge is 0.0466 e. The molecule has 1 aliphatic rings. The zero-order valence-electron chi connectivity index (χ0n) is 10.3. The van der Waals surface area contributed by atoms with E-state index in [9.17, 15) is 0 Å². The van der Waals surface area contributed by atoms with Crippen molar-refractivity contribution in [3.05, 3.63) is 61.2 Å². The van der Waals surface area contributed by atoms with Crippen LogP contribution in [0.4, 0.5) is 4.70 Å². The molecule has 0 unspecified atom stereocenters. The summed E-state index contributed by atoms with van der Waals surface area (Å²) in [7, 11) is 0. The Hall–Kier alpha value is -1.81. The number of pyridine rings is 2. The number of hydrogen-bond acceptors (Lipinski definition) is 3. The molecule has 98 valence electrons. The Kier molecular flexibility index (Phi) is 11.9. The maximum atomic E-state index is 4.94. The highest BCUT2D eigenvalue weighted by Gasteiger charge is 1.94. The molecular weight excluding hydrogens is 231 g/mol. The van der Waals surface area contributed by atoms with Crippen LogP contribution in [0.1, 0.15) is 12.8 Å². The molecule has 3 heterocycles. The Morgan fingerprint density at radius 2 is 1.00 bits per heavy atom. The van der Waals surface area contributed by atoms with Gasteiger partial charge in [-0.1, -0.05) is 12.1 Å². The van der Waals surface area contributed by atoms with Crippen LogP contribution in [0.15, 0.2) is 61.2 Å². The topological polar surface area (TPSA) is 35.0 Å². The van der Waals surface area contributed by atoms with Gasteiger partial charge in [-0.05, 0) is 37.1 Å². The summed E-state index contributed by atoms with van der Waals surface area (Å²) < 4.78 is 4.94. The van der Waals surface area contributed by atoms with Crippen molar-refractivity contribution in [2.75, 3.05) is 13.2 Å². The van der Waals surface area contributed by atoms with Crippen molar-refractivity contribution in [3.63, 3.8) is 0 Å². The number of hydrogen-bond donors (Lipinski definition) is 0. The molecule has 1 aliphatic heterocycles. The summed E-state index contributed by atoms with van der Waals surface area (Å²) in [4.78, 5) is 7.57. The number of halogens is 1. The molecule has 0 atom stereocenters. The van der Waals surface area contributed by atoms with Crippen LogP contribution in [0.25, 0.3) is 0 Å². The number of nitrogens with zero attached hydrogens (tertiary/aromatic N) is 2. The fourth-order valence-electron chi connectivity index (χ4n) is 1.14. The van der Waals surface area contributed by atoms with Gasteiger partial charge in [0.15, 0.2) is 0 Å². The van der Waals surface area contributed by atoms with Gasteiger partial charge in [0.1, 0.15) is 0 Å². The Labute approximate surface area is 107 Å². The molecule has 0 amide bonds. The average molecular weight is 250 g/mol. The summed E-state index contributed by atoms with van der Waals surface area (Å²) in [6.07, 6.45) is 9.56. The molecule has 0 saturated carbocycles. The summed E-state index contributed by atoms with van der Waals surface area (Å²) in [5.74, 6) is 0. The second-order valence-electron chi connectivity index (χ2n) is 3.37. The maximum absolute atomic E-state index is 4.94. The fraction of sp³-hybridized carbons (Fsp3) is 0.286. The van der Waals surface area contributed by atoms with Crippen molar-refractivity contribution >= 4 is 0 Å². The fourth-order valence-corrected chi connectivity index (χ4v) is 1.14. The van der Waals surface area contributed by atoms with Gasteiger partial charge in [-0.2, -0.15) is 0 Å².